The van der Waals surface area contributed by atoms with Gasteiger partial charge in [-0.25, -0.2) is 9.78 Å². The maximum atomic E-state index is 12.2. The van der Waals surface area contributed by atoms with E-state index in [2.05, 4.69) is 36.9 Å². The van der Waals surface area contributed by atoms with Gasteiger partial charge in [0.2, 0.25) is 5.91 Å². The number of rotatable bonds is 6. The summed E-state index contributed by atoms with van der Waals surface area (Å²) in [5.74, 6) is -0.0865. The highest BCUT2D eigenvalue weighted by atomic mass is 79.9. The van der Waals surface area contributed by atoms with Crippen molar-refractivity contribution in [3.05, 3.63) is 68.6 Å². The molecule has 150 valence electrons. The molecule has 0 aliphatic heterocycles. The molecule has 0 unspecified atom stereocenters. The molecule has 1 aromatic heterocycles. The van der Waals surface area contributed by atoms with Crippen molar-refractivity contribution < 1.29 is 9.59 Å². The van der Waals surface area contributed by atoms with E-state index in [0.717, 1.165) is 21.4 Å². The Kier molecular flexibility index (Phi) is 7.24. The first-order valence-electron chi connectivity index (χ1n) is 8.73. The van der Waals surface area contributed by atoms with Crippen LogP contribution in [0.4, 0.5) is 21.3 Å². The lowest BCUT2D eigenvalue weighted by atomic mass is 10.2. The molecular weight excluding hydrogens is 476 g/mol. The van der Waals surface area contributed by atoms with E-state index >= 15 is 0 Å². The van der Waals surface area contributed by atoms with Gasteiger partial charge in [-0.3, -0.25) is 10.1 Å². The Morgan fingerprint density at radius 1 is 1.14 bits per heavy atom. The number of urea groups is 1. The zero-order valence-electron chi connectivity index (χ0n) is 15.5. The zero-order chi connectivity index (χ0) is 20.8. The SMILES string of the molecule is Cc1cc(Br)ccc1NC(=O)CCc1csc(NC(=O)Nc2cccc(Cl)c2)n1. The number of halogens is 2. The number of aromatic nitrogens is 1. The summed E-state index contributed by atoms with van der Waals surface area (Å²) in [7, 11) is 0. The molecule has 1 heterocycles. The molecule has 3 amide bonds. The molecule has 9 heteroatoms. The van der Waals surface area contributed by atoms with Gasteiger partial charge in [-0.05, 0) is 55.3 Å². The van der Waals surface area contributed by atoms with Gasteiger partial charge < -0.3 is 10.6 Å². The van der Waals surface area contributed by atoms with E-state index in [1.165, 1.54) is 11.3 Å². The van der Waals surface area contributed by atoms with Gasteiger partial charge in [0, 0.05) is 32.7 Å². The van der Waals surface area contributed by atoms with E-state index in [1.54, 1.807) is 24.3 Å². The number of anilines is 3. The third-order valence-electron chi connectivity index (χ3n) is 3.93. The molecule has 0 radical (unpaired) electrons. The van der Waals surface area contributed by atoms with Crippen LogP contribution in [0.1, 0.15) is 17.7 Å². The minimum atomic E-state index is -0.406. The minimum absolute atomic E-state index is 0.0865. The lowest BCUT2D eigenvalue weighted by Gasteiger charge is -2.08. The molecule has 3 aromatic rings. The Labute approximate surface area is 185 Å². The number of carbonyl (C=O) groups excluding carboxylic acids is 2. The summed E-state index contributed by atoms with van der Waals surface area (Å²) >= 11 is 10.6. The van der Waals surface area contributed by atoms with Crippen molar-refractivity contribution in [3.8, 4) is 0 Å². The van der Waals surface area contributed by atoms with Crippen molar-refractivity contribution in [2.24, 2.45) is 0 Å². The monoisotopic (exact) mass is 492 g/mol. The van der Waals surface area contributed by atoms with Crippen LogP contribution in [0.15, 0.2) is 52.3 Å². The van der Waals surface area contributed by atoms with E-state index < -0.39 is 6.03 Å². The van der Waals surface area contributed by atoms with Crippen molar-refractivity contribution in [3.63, 3.8) is 0 Å². The van der Waals surface area contributed by atoms with Crippen LogP contribution in [0.5, 0.6) is 0 Å². The smallest absolute Gasteiger partial charge is 0.325 e. The van der Waals surface area contributed by atoms with Gasteiger partial charge in [0.25, 0.3) is 0 Å². The summed E-state index contributed by atoms with van der Waals surface area (Å²) < 4.78 is 0.968. The zero-order valence-corrected chi connectivity index (χ0v) is 18.6. The average Bonchev–Trinajstić information content (AvgIpc) is 3.09. The lowest BCUT2D eigenvalue weighted by molar-refractivity contribution is -0.116. The van der Waals surface area contributed by atoms with Crippen LogP contribution in [-0.4, -0.2) is 16.9 Å². The van der Waals surface area contributed by atoms with Crippen molar-refractivity contribution >= 4 is 67.3 Å². The quantitative estimate of drug-likeness (QED) is 0.389. The largest absolute Gasteiger partial charge is 0.326 e. The normalized spacial score (nSPS) is 10.4. The molecular formula is C20H18BrClN4O2S. The van der Waals surface area contributed by atoms with Crippen LogP contribution in [-0.2, 0) is 11.2 Å². The van der Waals surface area contributed by atoms with Crippen LogP contribution in [0, 0.1) is 6.92 Å². The van der Waals surface area contributed by atoms with Crippen molar-refractivity contribution in [2.75, 3.05) is 16.0 Å². The van der Waals surface area contributed by atoms with Gasteiger partial charge in [-0.2, -0.15) is 0 Å². The summed E-state index contributed by atoms with van der Waals surface area (Å²) in [5, 5.41) is 11.1. The summed E-state index contributed by atoms with van der Waals surface area (Å²) in [6.07, 6.45) is 0.781. The summed E-state index contributed by atoms with van der Waals surface area (Å²) in [4.78, 5) is 28.6. The van der Waals surface area contributed by atoms with Gasteiger partial charge >= 0.3 is 6.03 Å². The van der Waals surface area contributed by atoms with Gasteiger partial charge in [-0.15, -0.1) is 11.3 Å². The van der Waals surface area contributed by atoms with Crippen LogP contribution >= 0.6 is 38.9 Å². The fourth-order valence-corrected chi connectivity index (χ4v) is 3.93. The number of thiazole rings is 1. The van der Waals surface area contributed by atoms with E-state index in [1.807, 2.05) is 30.5 Å². The highest BCUT2D eigenvalue weighted by Crippen LogP contribution is 2.21. The summed E-state index contributed by atoms with van der Waals surface area (Å²) in [6, 6.07) is 12.2. The molecule has 0 aliphatic rings. The van der Waals surface area contributed by atoms with Gasteiger partial charge in [0.05, 0.1) is 5.69 Å². The topological polar surface area (TPSA) is 83.1 Å². The molecule has 3 N–H and O–H groups in total. The third kappa shape index (κ3) is 6.56. The Morgan fingerprint density at radius 3 is 2.72 bits per heavy atom. The first-order chi connectivity index (χ1) is 13.9. The Balaban J connectivity index is 1.48. The Hall–Kier alpha value is -2.42. The Morgan fingerprint density at radius 2 is 1.97 bits per heavy atom. The summed E-state index contributed by atoms with van der Waals surface area (Å²) in [6.45, 7) is 1.94. The van der Waals surface area contributed by atoms with Crippen molar-refractivity contribution in [2.45, 2.75) is 19.8 Å². The van der Waals surface area contributed by atoms with E-state index in [-0.39, 0.29) is 5.91 Å². The molecule has 0 saturated heterocycles. The fraction of sp³-hybridized carbons (Fsp3) is 0.150. The number of hydrogen-bond acceptors (Lipinski definition) is 4. The van der Waals surface area contributed by atoms with Gasteiger partial charge in [0.15, 0.2) is 5.13 Å². The standard InChI is InChI=1S/C20H18BrClN4O2S/c1-12-9-13(21)5-7-17(12)25-18(27)8-6-16-11-29-20(24-16)26-19(28)23-15-4-2-3-14(22)10-15/h2-5,7,9-11H,6,8H2,1H3,(H,25,27)(H2,23,24,26,28). The van der Waals surface area contributed by atoms with Gasteiger partial charge in [0.1, 0.15) is 0 Å². The maximum absolute atomic E-state index is 12.2. The highest BCUT2D eigenvalue weighted by molar-refractivity contribution is 9.10. The number of benzene rings is 2. The van der Waals surface area contributed by atoms with Crippen molar-refractivity contribution in [1.29, 1.82) is 0 Å². The molecule has 0 aliphatic carbocycles. The average molecular weight is 494 g/mol. The first-order valence-corrected chi connectivity index (χ1v) is 10.8. The molecule has 0 spiro atoms. The second-order valence-electron chi connectivity index (χ2n) is 6.24. The van der Waals surface area contributed by atoms with Crippen LogP contribution in [0.2, 0.25) is 5.02 Å². The minimum Gasteiger partial charge on any atom is -0.326 e. The molecule has 3 rings (SSSR count). The van der Waals surface area contributed by atoms with E-state index in [9.17, 15) is 9.59 Å². The van der Waals surface area contributed by atoms with Crippen LogP contribution in [0.3, 0.4) is 0 Å². The van der Waals surface area contributed by atoms with Crippen molar-refractivity contribution in [1.82, 2.24) is 4.98 Å². The number of nitrogens with one attached hydrogen (secondary N) is 3. The number of hydrogen-bond donors (Lipinski definition) is 3. The molecule has 2 aromatic carbocycles. The number of amides is 3. The van der Waals surface area contributed by atoms with E-state index in [4.69, 9.17) is 11.6 Å². The third-order valence-corrected chi connectivity index (χ3v) is 5.46. The van der Waals surface area contributed by atoms with E-state index in [0.29, 0.717) is 28.7 Å². The predicted octanol–water partition coefficient (Wildman–Crippen LogP) is 6.08. The van der Waals surface area contributed by atoms with Gasteiger partial charge in [-0.1, -0.05) is 33.6 Å². The Bertz CT molecular complexity index is 1040. The second-order valence-corrected chi connectivity index (χ2v) is 8.45. The van der Waals surface area contributed by atoms with Crippen LogP contribution in [0.25, 0.3) is 0 Å². The predicted molar refractivity (Wildman–Crippen MR) is 122 cm³/mol. The molecule has 6 nitrogen and oxygen atoms in total. The van der Waals surface area contributed by atoms with Crippen LogP contribution < -0.4 is 16.0 Å². The summed E-state index contributed by atoms with van der Waals surface area (Å²) in [5.41, 5.74) is 3.11. The first kappa shape index (κ1) is 21.3. The molecule has 29 heavy (non-hydrogen) atoms. The molecule has 0 atom stereocenters. The molecule has 0 fully saturated rings. The second kappa shape index (κ2) is 9.87. The highest BCUT2D eigenvalue weighted by Gasteiger charge is 2.10. The fourth-order valence-electron chi connectivity index (χ4n) is 2.53. The number of aryl methyl sites for hydroxylation is 2. The maximum Gasteiger partial charge on any atom is 0.325 e. The number of nitrogens with zero attached hydrogens (tertiary/aromatic N) is 1. The number of carbonyl (C=O) groups is 2. The molecule has 0 saturated carbocycles. The lowest BCUT2D eigenvalue weighted by Crippen LogP contribution is -2.19. The molecule has 0 bridgehead atoms.